The molecule has 0 heterocycles. The number of benzene rings is 3. The predicted molar refractivity (Wildman–Crippen MR) is 120 cm³/mol. The van der Waals surface area contributed by atoms with Gasteiger partial charge in [0.1, 0.15) is 0 Å². The second-order valence-electron chi connectivity index (χ2n) is 7.86. The topological polar surface area (TPSA) is 66.5 Å². The van der Waals surface area contributed by atoms with Crippen LogP contribution in [0, 0.1) is 0 Å². The lowest BCUT2D eigenvalue weighted by molar-refractivity contribution is -0.137. The fourth-order valence-corrected chi connectivity index (χ4v) is 3.78. The van der Waals surface area contributed by atoms with E-state index in [2.05, 4.69) is 5.32 Å². The Hall–Kier alpha value is -3.07. The molecule has 0 fully saturated rings. The van der Waals surface area contributed by atoms with Gasteiger partial charge in [-0.05, 0) is 72.1 Å². The fraction of sp³-hybridized carbons (Fsp3) is 0.261. The number of alkyl halides is 3. The van der Waals surface area contributed by atoms with E-state index in [-0.39, 0.29) is 11.9 Å². The number of carbonyl (C=O) groups is 1. The van der Waals surface area contributed by atoms with Crippen molar-refractivity contribution in [1.82, 2.24) is 5.32 Å². The molecule has 1 N–H and O–H groups in total. The highest BCUT2D eigenvalue weighted by atomic mass is 32.2. The number of hydrogen-bond donors (Lipinski definition) is 1. The van der Waals surface area contributed by atoms with Gasteiger partial charge in [0.25, 0.3) is 5.91 Å². The van der Waals surface area contributed by atoms with E-state index in [0.29, 0.717) is 33.2 Å². The van der Waals surface area contributed by atoms with Crippen molar-refractivity contribution in [2.75, 3.05) is 17.6 Å². The molecule has 0 aliphatic carbocycles. The smallest absolute Gasteiger partial charge is 0.350 e. The van der Waals surface area contributed by atoms with Crippen molar-refractivity contribution in [1.29, 1.82) is 0 Å². The molecule has 0 bridgehead atoms. The van der Waals surface area contributed by atoms with Crippen molar-refractivity contribution in [3.05, 3.63) is 65.7 Å². The largest absolute Gasteiger partial charge is 0.416 e. The Bertz CT molecular complexity index is 1270. The number of anilines is 1. The van der Waals surface area contributed by atoms with Gasteiger partial charge in [0, 0.05) is 18.7 Å². The monoisotopic (exact) mass is 464 g/mol. The lowest BCUT2D eigenvalue weighted by atomic mass is 9.95. The first kappa shape index (κ1) is 23.6. The Kier molecular flexibility index (Phi) is 6.24. The van der Waals surface area contributed by atoms with Gasteiger partial charge in [-0.15, -0.1) is 0 Å². The third-order valence-corrected chi connectivity index (χ3v) is 6.21. The minimum atomic E-state index is -4.46. The summed E-state index contributed by atoms with van der Waals surface area (Å²) in [6, 6.07) is 12.8. The molecule has 0 atom stereocenters. The Balaban J connectivity index is 2.22. The summed E-state index contributed by atoms with van der Waals surface area (Å²) < 4.78 is 64.2. The quantitative estimate of drug-likeness (QED) is 0.574. The molecule has 0 saturated carbocycles. The maximum absolute atomic E-state index is 13.0. The second-order valence-corrected chi connectivity index (χ2v) is 9.88. The fourth-order valence-electron chi connectivity index (χ4n) is 3.29. The number of amides is 1. The molecule has 5 nitrogen and oxygen atoms in total. The molecular formula is C23H23F3N2O3S. The van der Waals surface area contributed by atoms with Gasteiger partial charge >= 0.3 is 6.18 Å². The minimum absolute atomic E-state index is 0.0661. The van der Waals surface area contributed by atoms with Crippen molar-refractivity contribution in [2.24, 2.45) is 0 Å². The number of carbonyl (C=O) groups excluding carboxylic acids is 1. The highest BCUT2D eigenvalue weighted by Crippen LogP contribution is 2.36. The molecule has 0 aliphatic rings. The molecule has 0 saturated heterocycles. The maximum atomic E-state index is 13.0. The number of hydrogen-bond acceptors (Lipinski definition) is 3. The molecule has 0 aliphatic heterocycles. The van der Waals surface area contributed by atoms with Crippen molar-refractivity contribution < 1.29 is 26.4 Å². The summed E-state index contributed by atoms with van der Waals surface area (Å²) >= 11 is 0. The average molecular weight is 465 g/mol. The van der Waals surface area contributed by atoms with E-state index in [1.807, 2.05) is 13.8 Å². The summed E-state index contributed by atoms with van der Waals surface area (Å²) in [4.78, 5) is 12.4. The SMILES string of the molecule is CC(C)NC(=O)c1ccc2c(-c3ccc(C(F)(F)F)cc3)cc(N(C)S(C)(=O)=O)cc2c1. The van der Waals surface area contributed by atoms with Crippen LogP contribution in [-0.2, 0) is 16.2 Å². The summed E-state index contributed by atoms with van der Waals surface area (Å²) in [5.74, 6) is -0.278. The normalized spacial score (nSPS) is 12.2. The molecule has 3 aromatic carbocycles. The van der Waals surface area contributed by atoms with Gasteiger partial charge in [0.15, 0.2) is 0 Å². The Morgan fingerprint density at radius 2 is 1.62 bits per heavy atom. The van der Waals surface area contributed by atoms with Crippen LogP contribution in [0.4, 0.5) is 18.9 Å². The lowest BCUT2D eigenvalue weighted by Gasteiger charge is -2.20. The van der Waals surface area contributed by atoms with E-state index >= 15 is 0 Å². The number of sulfonamides is 1. The molecule has 0 spiro atoms. The summed E-state index contributed by atoms with van der Waals surface area (Å²) in [5, 5.41) is 4.06. The molecule has 3 aromatic rings. The first-order valence-corrected chi connectivity index (χ1v) is 11.6. The summed E-state index contributed by atoms with van der Waals surface area (Å²) in [7, 11) is -2.20. The standard InChI is InChI=1S/C23H23F3N2O3S/c1-14(2)27-22(29)16-7-10-20-17(11-16)12-19(28(3)32(4,30)31)13-21(20)15-5-8-18(9-6-15)23(24,25)26/h5-14H,1-4H3,(H,27,29). The first-order valence-electron chi connectivity index (χ1n) is 9.77. The van der Waals surface area contributed by atoms with Crippen LogP contribution in [0.2, 0.25) is 0 Å². The van der Waals surface area contributed by atoms with Gasteiger partial charge in [0.2, 0.25) is 10.0 Å². The van der Waals surface area contributed by atoms with E-state index in [0.717, 1.165) is 22.7 Å². The van der Waals surface area contributed by atoms with Crippen LogP contribution in [-0.4, -0.2) is 33.7 Å². The van der Waals surface area contributed by atoms with Crippen molar-refractivity contribution in [3.8, 4) is 11.1 Å². The van der Waals surface area contributed by atoms with Crippen molar-refractivity contribution in [2.45, 2.75) is 26.1 Å². The van der Waals surface area contributed by atoms with E-state index in [1.54, 1.807) is 30.3 Å². The molecule has 32 heavy (non-hydrogen) atoms. The second kappa shape index (κ2) is 8.46. The Morgan fingerprint density at radius 1 is 1.00 bits per heavy atom. The predicted octanol–water partition coefficient (Wildman–Crippen LogP) is 5.06. The molecule has 0 radical (unpaired) electrons. The molecule has 9 heteroatoms. The van der Waals surface area contributed by atoms with E-state index in [9.17, 15) is 26.4 Å². The van der Waals surface area contributed by atoms with Crippen LogP contribution in [0.15, 0.2) is 54.6 Å². The van der Waals surface area contributed by atoms with Gasteiger partial charge in [-0.2, -0.15) is 13.2 Å². The van der Waals surface area contributed by atoms with Crippen LogP contribution in [0.3, 0.4) is 0 Å². The maximum Gasteiger partial charge on any atom is 0.416 e. The molecule has 0 unspecified atom stereocenters. The van der Waals surface area contributed by atoms with Crippen LogP contribution in [0.5, 0.6) is 0 Å². The average Bonchev–Trinajstić information content (AvgIpc) is 2.70. The minimum Gasteiger partial charge on any atom is -0.350 e. The van der Waals surface area contributed by atoms with Gasteiger partial charge < -0.3 is 5.32 Å². The summed E-state index contributed by atoms with van der Waals surface area (Å²) in [6.07, 6.45) is -3.40. The number of nitrogens with zero attached hydrogens (tertiary/aromatic N) is 1. The Morgan fingerprint density at radius 3 is 2.16 bits per heavy atom. The Labute approximate surface area is 184 Å². The molecule has 1 amide bonds. The molecule has 3 rings (SSSR count). The zero-order chi connectivity index (χ0) is 23.8. The highest BCUT2D eigenvalue weighted by Gasteiger charge is 2.30. The van der Waals surface area contributed by atoms with E-state index in [1.165, 1.54) is 19.2 Å². The van der Waals surface area contributed by atoms with Gasteiger partial charge in [0.05, 0.1) is 17.5 Å². The van der Waals surface area contributed by atoms with E-state index < -0.39 is 21.8 Å². The highest BCUT2D eigenvalue weighted by molar-refractivity contribution is 7.92. The molecule has 0 aromatic heterocycles. The van der Waals surface area contributed by atoms with Gasteiger partial charge in [-0.25, -0.2) is 8.42 Å². The van der Waals surface area contributed by atoms with Gasteiger partial charge in [-0.3, -0.25) is 9.10 Å². The zero-order valence-corrected chi connectivity index (χ0v) is 18.8. The third-order valence-electron chi connectivity index (χ3n) is 5.00. The van der Waals surface area contributed by atoms with Crippen LogP contribution >= 0.6 is 0 Å². The van der Waals surface area contributed by atoms with E-state index in [4.69, 9.17) is 0 Å². The van der Waals surface area contributed by atoms with Crippen LogP contribution in [0.25, 0.3) is 21.9 Å². The first-order chi connectivity index (χ1) is 14.8. The summed E-state index contributed by atoms with van der Waals surface area (Å²) in [6.45, 7) is 3.67. The number of halogens is 3. The van der Waals surface area contributed by atoms with Gasteiger partial charge in [-0.1, -0.05) is 18.2 Å². The third kappa shape index (κ3) is 5.04. The zero-order valence-electron chi connectivity index (χ0n) is 18.0. The number of nitrogens with one attached hydrogen (secondary N) is 1. The molecule has 170 valence electrons. The number of rotatable bonds is 5. The van der Waals surface area contributed by atoms with Crippen LogP contribution < -0.4 is 9.62 Å². The van der Waals surface area contributed by atoms with Crippen molar-refractivity contribution in [3.63, 3.8) is 0 Å². The van der Waals surface area contributed by atoms with Crippen LogP contribution in [0.1, 0.15) is 29.8 Å². The lowest BCUT2D eigenvalue weighted by Crippen LogP contribution is -2.30. The molecular weight excluding hydrogens is 441 g/mol. The number of fused-ring (bicyclic) bond motifs is 1. The van der Waals surface area contributed by atoms with Crippen molar-refractivity contribution >= 4 is 32.4 Å². The summed E-state index contributed by atoms with van der Waals surface area (Å²) in [5.41, 5.74) is 0.992.